The number of aromatic nitrogens is 3. The number of hydrogen-bond donors (Lipinski definition) is 0. The van der Waals surface area contributed by atoms with Gasteiger partial charge in [-0.05, 0) is 43.5 Å². The summed E-state index contributed by atoms with van der Waals surface area (Å²) in [7, 11) is 0. The summed E-state index contributed by atoms with van der Waals surface area (Å²) in [5.74, 6) is -0.368. The number of carbonyl (C=O) groups excluding carboxylic acids is 1. The molecule has 26 heavy (non-hydrogen) atoms. The molecule has 0 fully saturated rings. The first-order valence-electron chi connectivity index (χ1n) is 8.47. The Kier molecular flexibility index (Phi) is 6.02. The van der Waals surface area contributed by atoms with E-state index in [-0.39, 0.29) is 5.97 Å². The molecular weight excluding hydrogens is 350 g/mol. The molecule has 0 aliphatic carbocycles. The van der Waals surface area contributed by atoms with Crippen LogP contribution in [0.2, 0.25) is 5.02 Å². The number of nitrogens with zero attached hydrogens (tertiary/aromatic N) is 3. The molecule has 0 aliphatic heterocycles. The van der Waals surface area contributed by atoms with Crippen LogP contribution >= 0.6 is 11.6 Å². The SMILES string of the molecule is Cc1cccc(CCCOC(=O)c2cnn(Cc3ccccc3Cl)c2)n1. The molecule has 6 heteroatoms. The van der Waals surface area contributed by atoms with E-state index in [0.717, 1.165) is 29.8 Å². The van der Waals surface area contributed by atoms with E-state index in [1.54, 1.807) is 10.9 Å². The molecule has 0 amide bonds. The van der Waals surface area contributed by atoms with Gasteiger partial charge in [0.2, 0.25) is 0 Å². The number of benzene rings is 1. The van der Waals surface area contributed by atoms with Crippen LogP contribution in [-0.2, 0) is 17.7 Å². The average molecular weight is 370 g/mol. The Labute approximate surface area is 157 Å². The fourth-order valence-corrected chi connectivity index (χ4v) is 2.79. The molecule has 0 bridgehead atoms. The maximum Gasteiger partial charge on any atom is 0.341 e. The average Bonchev–Trinajstić information content (AvgIpc) is 3.09. The standard InChI is InChI=1S/C20H20ClN3O2/c1-15-6-4-8-18(23-15)9-5-11-26-20(25)17-12-22-24(14-17)13-16-7-2-3-10-19(16)21/h2-4,6-8,10,12,14H,5,9,11,13H2,1H3. The van der Waals surface area contributed by atoms with Gasteiger partial charge in [0, 0.05) is 22.6 Å². The molecule has 2 heterocycles. The highest BCUT2D eigenvalue weighted by molar-refractivity contribution is 6.31. The molecule has 1 aromatic carbocycles. The molecule has 0 saturated carbocycles. The van der Waals surface area contributed by atoms with E-state index in [1.165, 1.54) is 6.20 Å². The molecule has 0 N–H and O–H groups in total. The summed E-state index contributed by atoms with van der Waals surface area (Å²) < 4.78 is 7.00. The Bertz CT molecular complexity index is 892. The van der Waals surface area contributed by atoms with Gasteiger partial charge >= 0.3 is 5.97 Å². The summed E-state index contributed by atoms with van der Waals surface area (Å²) in [6.07, 6.45) is 4.70. The van der Waals surface area contributed by atoms with E-state index in [2.05, 4.69) is 10.1 Å². The monoisotopic (exact) mass is 369 g/mol. The minimum atomic E-state index is -0.368. The second-order valence-corrected chi connectivity index (χ2v) is 6.43. The Balaban J connectivity index is 1.48. The summed E-state index contributed by atoms with van der Waals surface area (Å²) in [6, 6.07) is 13.5. The number of halogens is 1. The highest BCUT2D eigenvalue weighted by atomic mass is 35.5. The summed E-state index contributed by atoms with van der Waals surface area (Å²) in [5, 5.41) is 4.88. The van der Waals surface area contributed by atoms with Crippen LogP contribution in [0.1, 0.15) is 33.7 Å². The third-order valence-corrected chi connectivity index (χ3v) is 4.28. The topological polar surface area (TPSA) is 57.0 Å². The molecule has 0 unspecified atom stereocenters. The predicted octanol–water partition coefficient (Wildman–Crippen LogP) is 4.08. The fraction of sp³-hybridized carbons (Fsp3) is 0.250. The van der Waals surface area contributed by atoms with Gasteiger partial charge in [-0.2, -0.15) is 5.10 Å². The van der Waals surface area contributed by atoms with Crippen molar-refractivity contribution < 1.29 is 9.53 Å². The Morgan fingerprint density at radius 1 is 1.19 bits per heavy atom. The van der Waals surface area contributed by atoms with Crippen LogP contribution in [0.3, 0.4) is 0 Å². The Hall–Kier alpha value is -2.66. The van der Waals surface area contributed by atoms with Crippen molar-refractivity contribution in [1.29, 1.82) is 0 Å². The van der Waals surface area contributed by atoms with Crippen LogP contribution < -0.4 is 0 Å². The zero-order valence-electron chi connectivity index (χ0n) is 14.6. The van der Waals surface area contributed by atoms with Gasteiger partial charge in [-0.25, -0.2) is 4.79 Å². The first kappa shape index (κ1) is 18.1. The maximum atomic E-state index is 12.1. The van der Waals surface area contributed by atoms with E-state index in [9.17, 15) is 4.79 Å². The number of pyridine rings is 1. The lowest BCUT2D eigenvalue weighted by Crippen LogP contribution is -2.07. The second-order valence-electron chi connectivity index (χ2n) is 6.03. The van der Waals surface area contributed by atoms with Crippen molar-refractivity contribution >= 4 is 17.6 Å². The maximum absolute atomic E-state index is 12.1. The first-order chi connectivity index (χ1) is 12.6. The molecule has 134 valence electrons. The smallest absolute Gasteiger partial charge is 0.341 e. The Morgan fingerprint density at radius 2 is 2.04 bits per heavy atom. The highest BCUT2D eigenvalue weighted by Gasteiger charge is 2.11. The van der Waals surface area contributed by atoms with Gasteiger partial charge in [0.15, 0.2) is 0 Å². The minimum absolute atomic E-state index is 0.351. The van der Waals surface area contributed by atoms with Crippen LogP contribution in [0.4, 0.5) is 0 Å². The summed E-state index contributed by atoms with van der Waals surface area (Å²) in [4.78, 5) is 16.6. The number of aryl methyl sites for hydroxylation is 2. The van der Waals surface area contributed by atoms with E-state index in [1.807, 2.05) is 49.4 Å². The van der Waals surface area contributed by atoms with Crippen molar-refractivity contribution in [3.8, 4) is 0 Å². The van der Waals surface area contributed by atoms with Crippen molar-refractivity contribution in [2.24, 2.45) is 0 Å². The second kappa shape index (κ2) is 8.63. The van der Waals surface area contributed by atoms with E-state index < -0.39 is 0 Å². The lowest BCUT2D eigenvalue weighted by molar-refractivity contribution is 0.0500. The number of rotatable bonds is 7. The molecule has 2 aromatic heterocycles. The van der Waals surface area contributed by atoms with Gasteiger partial charge in [0.25, 0.3) is 0 Å². The zero-order valence-corrected chi connectivity index (χ0v) is 15.3. The van der Waals surface area contributed by atoms with Crippen molar-refractivity contribution in [3.63, 3.8) is 0 Å². The van der Waals surface area contributed by atoms with Gasteiger partial charge in [0.1, 0.15) is 0 Å². The van der Waals surface area contributed by atoms with Crippen molar-refractivity contribution in [2.75, 3.05) is 6.61 Å². The molecule has 5 nitrogen and oxygen atoms in total. The molecule has 0 spiro atoms. The quantitative estimate of drug-likeness (QED) is 0.465. The van der Waals surface area contributed by atoms with E-state index in [4.69, 9.17) is 16.3 Å². The zero-order chi connectivity index (χ0) is 18.4. The number of esters is 1. The van der Waals surface area contributed by atoms with Crippen molar-refractivity contribution in [2.45, 2.75) is 26.3 Å². The number of ether oxygens (including phenoxy) is 1. The normalized spacial score (nSPS) is 10.7. The van der Waals surface area contributed by atoms with Crippen molar-refractivity contribution in [3.05, 3.63) is 82.4 Å². The number of hydrogen-bond acceptors (Lipinski definition) is 4. The fourth-order valence-electron chi connectivity index (χ4n) is 2.60. The summed E-state index contributed by atoms with van der Waals surface area (Å²) >= 11 is 6.15. The summed E-state index contributed by atoms with van der Waals surface area (Å²) in [6.45, 7) is 2.82. The van der Waals surface area contributed by atoms with Gasteiger partial charge < -0.3 is 4.74 Å². The van der Waals surface area contributed by atoms with Gasteiger partial charge in [-0.3, -0.25) is 9.67 Å². The van der Waals surface area contributed by atoms with Gasteiger partial charge in [-0.15, -0.1) is 0 Å². The number of carbonyl (C=O) groups is 1. The van der Waals surface area contributed by atoms with E-state index >= 15 is 0 Å². The van der Waals surface area contributed by atoms with Crippen LogP contribution in [0.25, 0.3) is 0 Å². The highest BCUT2D eigenvalue weighted by Crippen LogP contribution is 2.16. The predicted molar refractivity (Wildman–Crippen MR) is 100 cm³/mol. The molecule has 0 aliphatic rings. The van der Waals surface area contributed by atoms with Crippen LogP contribution in [0, 0.1) is 6.92 Å². The van der Waals surface area contributed by atoms with Gasteiger partial charge in [-0.1, -0.05) is 35.9 Å². The third kappa shape index (κ3) is 4.92. The molecular formula is C20H20ClN3O2. The molecule has 3 rings (SSSR count). The third-order valence-electron chi connectivity index (χ3n) is 3.92. The first-order valence-corrected chi connectivity index (χ1v) is 8.85. The minimum Gasteiger partial charge on any atom is -0.462 e. The molecule has 3 aromatic rings. The molecule has 0 saturated heterocycles. The van der Waals surface area contributed by atoms with Crippen LogP contribution in [0.5, 0.6) is 0 Å². The lowest BCUT2D eigenvalue weighted by atomic mass is 10.2. The molecule has 0 atom stereocenters. The molecule has 0 radical (unpaired) electrons. The van der Waals surface area contributed by atoms with E-state index in [0.29, 0.717) is 23.7 Å². The van der Waals surface area contributed by atoms with Crippen molar-refractivity contribution in [1.82, 2.24) is 14.8 Å². The summed E-state index contributed by atoms with van der Waals surface area (Å²) in [5.41, 5.74) is 3.38. The van der Waals surface area contributed by atoms with Crippen LogP contribution in [-0.4, -0.2) is 27.3 Å². The Morgan fingerprint density at radius 3 is 2.85 bits per heavy atom. The van der Waals surface area contributed by atoms with Crippen LogP contribution in [0.15, 0.2) is 54.9 Å². The van der Waals surface area contributed by atoms with Gasteiger partial charge in [0.05, 0.1) is 24.9 Å². The lowest BCUT2D eigenvalue weighted by Gasteiger charge is -2.04. The largest absolute Gasteiger partial charge is 0.462 e.